The van der Waals surface area contributed by atoms with E-state index >= 15 is 0 Å². The summed E-state index contributed by atoms with van der Waals surface area (Å²) in [6.07, 6.45) is 0. The first-order valence-corrected chi connectivity index (χ1v) is 5.49. The van der Waals surface area contributed by atoms with Crippen LogP contribution < -0.4 is 4.74 Å². The highest BCUT2D eigenvalue weighted by Crippen LogP contribution is 2.26. The average molecular weight is 271 g/mol. The molecule has 0 unspecified atom stereocenters. The average Bonchev–Trinajstić information content (AvgIpc) is 2.26. The first-order chi connectivity index (χ1) is 8.95. The van der Waals surface area contributed by atoms with Crippen molar-refractivity contribution in [2.75, 3.05) is 20.2 Å². The van der Waals surface area contributed by atoms with Crippen LogP contribution in [0.2, 0.25) is 0 Å². The summed E-state index contributed by atoms with van der Waals surface area (Å²) in [6, 6.07) is 2.02. The van der Waals surface area contributed by atoms with Crippen molar-refractivity contribution in [2.24, 2.45) is 5.92 Å². The minimum Gasteiger partial charge on any atom is -0.494 e. The van der Waals surface area contributed by atoms with E-state index in [1.54, 1.807) is 0 Å². The van der Waals surface area contributed by atoms with E-state index in [-0.39, 0.29) is 18.8 Å². The Morgan fingerprint density at radius 2 is 2.00 bits per heavy atom. The van der Waals surface area contributed by atoms with Gasteiger partial charge in [0.05, 0.1) is 13.0 Å². The summed E-state index contributed by atoms with van der Waals surface area (Å²) in [4.78, 5) is 23.6. The number of carbonyl (C=O) groups excluding carboxylic acids is 1. The Hall–Kier alpha value is -2.18. The smallest absolute Gasteiger partial charge is 0.310 e. The highest BCUT2D eigenvalue weighted by Gasteiger charge is 2.38. The molecule has 1 aliphatic heterocycles. The van der Waals surface area contributed by atoms with Crippen molar-refractivity contribution in [3.8, 4) is 5.75 Å². The summed E-state index contributed by atoms with van der Waals surface area (Å²) in [6.45, 7) is -0.103. The van der Waals surface area contributed by atoms with Crippen LogP contribution in [0.15, 0.2) is 12.1 Å². The number of benzene rings is 1. The monoisotopic (exact) mass is 271 g/mol. The van der Waals surface area contributed by atoms with E-state index in [2.05, 4.69) is 4.74 Å². The Morgan fingerprint density at radius 1 is 1.37 bits per heavy atom. The van der Waals surface area contributed by atoms with Crippen LogP contribution in [-0.4, -0.2) is 42.1 Å². The lowest BCUT2D eigenvalue weighted by Gasteiger charge is -2.36. The fraction of sp³-hybridized carbons (Fsp3) is 0.333. The van der Waals surface area contributed by atoms with Gasteiger partial charge in [-0.25, -0.2) is 8.78 Å². The number of amides is 1. The minimum absolute atomic E-state index is 0.0513. The lowest BCUT2D eigenvalue weighted by molar-refractivity contribution is -0.146. The van der Waals surface area contributed by atoms with E-state index in [1.807, 2.05) is 0 Å². The summed E-state index contributed by atoms with van der Waals surface area (Å²) in [5, 5.41) is 8.69. The molecule has 0 radical (unpaired) electrons. The molecule has 7 heteroatoms. The first kappa shape index (κ1) is 13.3. The number of carboxylic acids is 1. The molecule has 0 saturated carbocycles. The van der Waals surface area contributed by atoms with Crippen molar-refractivity contribution in [1.82, 2.24) is 4.90 Å². The van der Waals surface area contributed by atoms with Gasteiger partial charge in [-0.15, -0.1) is 0 Å². The number of hydrogen-bond donors (Lipinski definition) is 1. The summed E-state index contributed by atoms with van der Waals surface area (Å²) in [5.41, 5.74) is -0.719. The normalized spacial score (nSPS) is 15.0. The Kier molecular flexibility index (Phi) is 3.37. The molecule has 1 N–H and O–H groups in total. The third kappa shape index (κ3) is 2.23. The fourth-order valence-electron chi connectivity index (χ4n) is 1.85. The largest absolute Gasteiger partial charge is 0.494 e. The predicted molar refractivity (Wildman–Crippen MR) is 59.9 cm³/mol. The molecule has 0 bridgehead atoms. The molecule has 0 atom stereocenters. The first-order valence-electron chi connectivity index (χ1n) is 5.49. The topological polar surface area (TPSA) is 66.8 Å². The maximum atomic E-state index is 13.8. The standard InChI is InChI=1S/C12H11F2NO4/c1-19-8-3-2-7(13)9(10(8)14)11(16)15-4-6(5-15)12(17)18/h2-3,6H,4-5H2,1H3,(H,17,18). The van der Waals surface area contributed by atoms with Gasteiger partial charge in [0, 0.05) is 13.1 Å². The Bertz CT molecular complexity index is 541. The molecule has 0 spiro atoms. The van der Waals surface area contributed by atoms with Gasteiger partial charge >= 0.3 is 5.97 Å². The van der Waals surface area contributed by atoms with Crippen LogP contribution in [0.5, 0.6) is 5.75 Å². The number of carbonyl (C=O) groups is 2. The number of likely N-dealkylation sites (tertiary alicyclic amines) is 1. The summed E-state index contributed by atoms with van der Waals surface area (Å²) < 4.78 is 32.0. The van der Waals surface area contributed by atoms with Gasteiger partial charge in [-0.05, 0) is 12.1 Å². The second-order valence-electron chi connectivity index (χ2n) is 4.18. The number of aliphatic carboxylic acids is 1. The molecule has 1 aromatic carbocycles. The Balaban J connectivity index is 2.23. The number of carboxylic acid groups (broad SMARTS) is 1. The van der Waals surface area contributed by atoms with Crippen molar-refractivity contribution in [2.45, 2.75) is 0 Å². The van der Waals surface area contributed by atoms with Crippen LogP contribution >= 0.6 is 0 Å². The van der Waals surface area contributed by atoms with Gasteiger partial charge in [0.15, 0.2) is 11.6 Å². The Labute approximate surface area is 107 Å². The van der Waals surface area contributed by atoms with Crippen LogP contribution in [0.1, 0.15) is 10.4 Å². The quantitative estimate of drug-likeness (QED) is 0.895. The number of methoxy groups -OCH3 is 1. The van der Waals surface area contributed by atoms with Gasteiger partial charge in [-0.2, -0.15) is 0 Å². The maximum Gasteiger partial charge on any atom is 0.310 e. The molecule has 19 heavy (non-hydrogen) atoms. The third-order valence-corrected chi connectivity index (χ3v) is 3.01. The van der Waals surface area contributed by atoms with Gasteiger partial charge in [0.2, 0.25) is 0 Å². The van der Waals surface area contributed by atoms with Crippen molar-refractivity contribution in [3.63, 3.8) is 0 Å². The molecule has 1 heterocycles. The molecule has 0 aromatic heterocycles. The molecular weight excluding hydrogens is 260 g/mol. The summed E-state index contributed by atoms with van der Waals surface area (Å²) >= 11 is 0. The second kappa shape index (κ2) is 4.83. The summed E-state index contributed by atoms with van der Waals surface area (Å²) in [7, 11) is 1.20. The lowest BCUT2D eigenvalue weighted by atomic mass is 9.99. The zero-order valence-electron chi connectivity index (χ0n) is 10.0. The third-order valence-electron chi connectivity index (χ3n) is 3.01. The molecule has 0 aliphatic carbocycles. The Morgan fingerprint density at radius 3 is 2.53 bits per heavy atom. The fourth-order valence-corrected chi connectivity index (χ4v) is 1.85. The van der Waals surface area contributed by atoms with Crippen LogP contribution in [0.25, 0.3) is 0 Å². The number of hydrogen-bond acceptors (Lipinski definition) is 3. The van der Waals surface area contributed by atoms with E-state index in [9.17, 15) is 18.4 Å². The molecule has 5 nitrogen and oxygen atoms in total. The SMILES string of the molecule is COc1ccc(F)c(C(=O)N2CC(C(=O)O)C2)c1F. The highest BCUT2D eigenvalue weighted by molar-refractivity contribution is 5.96. The van der Waals surface area contributed by atoms with Crippen LogP contribution in [-0.2, 0) is 4.79 Å². The van der Waals surface area contributed by atoms with E-state index in [4.69, 9.17) is 5.11 Å². The summed E-state index contributed by atoms with van der Waals surface area (Å²) in [5.74, 6) is -4.89. The number of rotatable bonds is 3. The molecule has 102 valence electrons. The van der Waals surface area contributed by atoms with Crippen molar-refractivity contribution >= 4 is 11.9 Å². The molecular formula is C12H11F2NO4. The zero-order chi connectivity index (χ0) is 14.2. The molecule has 2 rings (SSSR count). The van der Waals surface area contributed by atoms with E-state index in [0.29, 0.717) is 0 Å². The molecule has 1 aliphatic rings. The van der Waals surface area contributed by atoms with E-state index < -0.39 is 35.0 Å². The van der Waals surface area contributed by atoms with Gasteiger partial charge in [0.25, 0.3) is 5.91 Å². The second-order valence-corrected chi connectivity index (χ2v) is 4.18. The number of halogens is 2. The van der Waals surface area contributed by atoms with Crippen molar-refractivity contribution < 1.29 is 28.2 Å². The van der Waals surface area contributed by atoms with E-state index in [1.165, 1.54) is 7.11 Å². The predicted octanol–water partition coefficient (Wildman–Crippen LogP) is 1.13. The molecule has 1 amide bonds. The number of nitrogens with zero attached hydrogens (tertiary/aromatic N) is 1. The molecule has 1 fully saturated rings. The van der Waals surface area contributed by atoms with Crippen LogP contribution in [0.3, 0.4) is 0 Å². The molecule has 1 aromatic rings. The highest BCUT2D eigenvalue weighted by atomic mass is 19.1. The number of ether oxygens (including phenoxy) is 1. The van der Waals surface area contributed by atoms with Gasteiger partial charge in [-0.1, -0.05) is 0 Å². The van der Waals surface area contributed by atoms with Crippen LogP contribution in [0, 0.1) is 17.6 Å². The van der Waals surface area contributed by atoms with Crippen LogP contribution in [0.4, 0.5) is 8.78 Å². The zero-order valence-corrected chi connectivity index (χ0v) is 10.0. The van der Waals surface area contributed by atoms with Gasteiger partial charge < -0.3 is 14.7 Å². The van der Waals surface area contributed by atoms with Crippen molar-refractivity contribution in [1.29, 1.82) is 0 Å². The maximum absolute atomic E-state index is 13.8. The van der Waals surface area contributed by atoms with E-state index in [0.717, 1.165) is 17.0 Å². The van der Waals surface area contributed by atoms with Gasteiger partial charge in [-0.3, -0.25) is 9.59 Å². The van der Waals surface area contributed by atoms with Crippen molar-refractivity contribution in [3.05, 3.63) is 29.3 Å². The minimum atomic E-state index is -1.08. The van der Waals surface area contributed by atoms with Gasteiger partial charge in [0.1, 0.15) is 11.4 Å². The lowest BCUT2D eigenvalue weighted by Crippen LogP contribution is -2.53. The molecule has 1 saturated heterocycles.